The number of hydrogen-bond acceptors (Lipinski definition) is 4. The summed E-state index contributed by atoms with van der Waals surface area (Å²) in [5.41, 5.74) is 6.20. The number of sulfonamides is 1. The molecule has 1 atom stereocenters. The topological polar surface area (TPSA) is 101 Å². The van der Waals surface area contributed by atoms with Crippen LogP contribution in [0.2, 0.25) is 0 Å². The van der Waals surface area contributed by atoms with E-state index in [-0.39, 0.29) is 22.9 Å². The SMILES string of the molecule is CC(C)NS(=O)(=O)c1cccc(C(=O)NC(CN)C2CCCCC2)c1. The van der Waals surface area contributed by atoms with E-state index in [1.54, 1.807) is 26.0 Å². The van der Waals surface area contributed by atoms with Gasteiger partial charge in [-0.3, -0.25) is 4.79 Å². The van der Waals surface area contributed by atoms with Gasteiger partial charge in [0.2, 0.25) is 10.0 Å². The number of carbonyl (C=O) groups is 1. The van der Waals surface area contributed by atoms with Gasteiger partial charge in [-0.25, -0.2) is 13.1 Å². The minimum absolute atomic E-state index is 0.0677. The number of hydrogen-bond donors (Lipinski definition) is 3. The van der Waals surface area contributed by atoms with E-state index in [0.717, 1.165) is 12.8 Å². The van der Waals surface area contributed by atoms with Crippen molar-refractivity contribution < 1.29 is 13.2 Å². The zero-order chi connectivity index (χ0) is 18.4. The number of nitrogens with two attached hydrogens (primary N) is 1. The quantitative estimate of drug-likeness (QED) is 0.686. The van der Waals surface area contributed by atoms with Crippen LogP contribution < -0.4 is 15.8 Å². The van der Waals surface area contributed by atoms with Crippen molar-refractivity contribution in [1.82, 2.24) is 10.0 Å². The van der Waals surface area contributed by atoms with Gasteiger partial charge in [0.25, 0.3) is 5.91 Å². The molecule has 140 valence electrons. The first-order chi connectivity index (χ1) is 11.8. The van der Waals surface area contributed by atoms with Crippen molar-refractivity contribution in [2.75, 3.05) is 6.54 Å². The van der Waals surface area contributed by atoms with Crippen molar-refractivity contribution >= 4 is 15.9 Å². The van der Waals surface area contributed by atoms with Gasteiger partial charge in [-0.05, 0) is 50.8 Å². The predicted octanol–water partition coefficient (Wildman–Crippen LogP) is 2.01. The second-order valence-electron chi connectivity index (χ2n) is 7.02. The molecule has 0 saturated heterocycles. The second-order valence-corrected chi connectivity index (χ2v) is 8.73. The maximum atomic E-state index is 12.6. The maximum absolute atomic E-state index is 12.6. The maximum Gasteiger partial charge on any atom is 0.251 e. The molecule has 0 aromatic heterocycles. The third kappa shape index (κ3) is 5.52. The molecule has 1 aliphatic carbocycles. The Morgan fingerprint density at radius 3 is 2.52 bits per heavy atom. The Labute approximate surface area is 150 Å². The molecular formula is C18H29N3O3S. The molecule has 1 fully saturated rings. The highest BCUT2D eigenvalue weighted by atomic mass is 32.2. The van der Waals surface area contributed by atoms with Crippen molar-refractivity contribution in [1.29, 1.82) is 0 Å². The highest BCUT2D eigenvalue weighted by Crippen LogP contribution is 2.26. The van der Waals surface area contributed by atoms with Crippen LogP contribution in [0.1, 0.15) is 56.3 Å². The van der Waals surface area contributed by atoms with Gasteiger partial charge in [0.05, 0.1) is 4.90 Å². The molecule has 6 nitrogen and oxygen atoms in total. The molecule has 2 rings (SSSR count). The van der Waals surface area contributed by atoms with Crippen LogP contribution in [0.5, 0.6) is 0 Å². The van der Waals surface area contributed by atoms with Crippen LogP contribution in [0.3, 0.4) is 0 Å². The smallest absolute Gasteiger partial charge is 0.251 e. The van der Waals surface area contributed by atoms with Crippen LogP contribution in [0.15, 0.2) is 29.2 Å². The Hall–Kier alpha value is -1.44. The summed E-state index contributed by atoms with van der Waals surface area (Å²) in [5.74, 6) is 0.125. The molecule has 1 aliphatic rings. The van der Waals surface area contributed by atoms with Crippen LogP contribution in [0.4, 0.5) is 0 Å². The van der Waals surface area contributed by atoms with Crippen LogP contribution in [0, 0.1) is 5.92 Å². The first-order valence-corrected chi connectivity index (χ1v) is 10.4. The largest absolute Gasteiger partial charge is 0.348 e. The third-order valence-corrected chi connectivity index (χ3v) is 6.24. The van der Waals surface area contributed by atoms with Gasteiger partial charge >= 0.3 is 0 Å². The standard InChI is InChI=1S/C18H29N3O3S/c1-13(2)21-25(23,24)16-10-6-9-15(11-16)18(22)20-17(12-19)14-7-4-3-5-8-14/h6,9-11,13-14,17,21H,3-5,7-8,12,19H2,1-2H3,(H,20,22). The van der Waals surface area contributed by atoms with Gasteiger partial charge in [0.15, 0.2) is 0 Å². The summed E-state index contributed by atoms with van der Waals surface area (Å²) < 4.78 is 27.1. The van der Waals surface area contributed by atoms with Crippen LogP contribution >= 0.6 is 0 Å². The molecule has 1 saturated carbocycles. The molecule has 0 heterocycles. The molecule has 7 heteroatoms. The molecule has 0 spiro atoms. The fraction of sp³-hybridized carbons (Fsp3) is 0.611. The minimum Gasteiger partial charge on any atom is -0.348 e. The third-order valence-electron chi connectivity index (χ3n) is 4.59. The summed E-state index contributed by atoms with van der Waals surface area (Å²) >= 11 is 0. The van der Waals surface area contributed by atoms with Gasteiger partial charge in [-0.1, -0.05) is 25.3 Å². The first-order valence-electron chi connectivity index (χ1n) is 8.97. The monoisotopic (exact) mass is 367 g/mol. The van der Waals surface area contributed by atoms with Crippen LogP contribution in [0.25, 0.3) is 0 Å². The molecule has 1 amide bonds. The van der Waals surface area contributed by atoms with Gasteiger partial charge in [-0.15, -0.1) is 0 Å². The molecule has 1 unspecified atom stereocenters. The summed E-state index contributed by atoms with van der Waals surface area (Å²) in [6.07, 6.45) is 5.74. The Bertz CT molecular complexity index is 683. The summed E-state index contributed by atoms with van der Waals surface area (Å²) in [5, 5.41) is 2.99. The number of carbonyl (C=O) groups excluding carboxylic acids is 1. The molecule has 0 bridgehead atoms. The lowest BCUT2D eigenvalue weighted by molar-refractivity contribution is 0.0915. The van der Waals surface area contributed by atoms with E-state index in [1.165, 1.54) is 31.4 Å². The molecule has 1 aromatic rings. The number of nitrogens with one attached hydrogen (secondary N) is 2. The van der Waals surface area contributed by atoms with E-state index >= 15 is 0 Å². The van der Waals surface area contributed by atoms with E-state index in [9.17, 15) is 13.2 Å². The predicted molar refractivity (Wildman–Crippen MR) is 98.8 cm³/mol. The van der Waals surface area contributed by atoms with Gasteiger partial charge in [0.1, 0.15) is 0 Å². The van der Waals surface area contributed by atoms with E-state index in [4.69, 9.17) is 5.73 Å². The second kappa shape index (κ2) is 8.78. The van der Waals surface area contributed by atoms with E-state index in [2.05, 4.69) is 10.0 Å². The van der Waals surface area contributed by atoms with Crippen LogP contribution in [-0.4, -0.2) is 33.0 Å². The lowest BCUT2D eigenvalue weighted by atomic mass is 9.84. The lowest BCUT2D eigenvalue weighted by Crippen LogP contribution is -2.46. The number of benzene rings is 1. The molecule has 0 aliphatic heterocycles. The summed E-state index contributed by atoms with van der Waals surface area (Å²) in [7, 11) is -3.62. The fourth-order valence-electron chi connectivity index (χ4n) is 3.34. The van der Waals surface area contributed by atoms with Crippen molar-refractivity contribution in [3.63, 3.8) is 0 Å². The van der Waals surface area contributed by atoms with Crippen molar-refractivity contribution in [2.45, 2.75) is 62.9 Å². The highest BCUT2D eigenvalue weighted by Gasteiger charge is 2.25. The Kier molecular flexibility index (Phi) is 6.98. The lowest BCUT2D eigenvalue weighted by Gasteiger charge is -2.30. The molecular weight excluding hydrogens is 338 g/mol. The first kappa shape index (κ1) is 19.9. The Morgan fingerprint density at radius 2 is 1.92 bits per heavy atom. The molecule has 0 radical (unpaired) electrons. The zero-order valence-electron chi connectivity index (χ0n) is 15.0. The summed E-state index contributed by atoms with van der Waals surface area (Å²) in [6.45, 7) is 3.90. The van der Waals surface area contributed by atoms with Crippen LogP contribution in [-0.2, 0) is 10.0 Å². The van der Waals surface area contributed by atoms with Gasteiger partial charge in [-0.2, -0.15) is 0 Å². The summed E-state index contributed by atoms with van der Waals surface area (Å²) in [6, 6.07) is 5.83. The zero-order valence-corrected chi connectivity index (χ0v) is 15.8. The molecule has 4 N–H and O–H groups in total. The number of amides is 1. The number of rotatable bonds is 7. The average Bonchev–Trinajstić information content (AvgIpc) is 2.59. The summed E-state index contributed by atoms with van der Waals surface area (Å²) in [4.78, 5) is 12.7. The normalized spacial score (nSPS) is 17.4. The average molecular weight is 368 g/mol. The van der Waals surface area contributed by atoms with Gasteiger partial charge in [0, 0.05) is 24.2 Å². The van der Waals surface area contributed by atoms with E-state index < -0.39 is 10.0 Å². The fourth-order valence-corrected chi connectivity index (χ4v) is 4.64. The minimum atomic E-state index is -3.62. The van der Waals surface area contributed by atoms with E-state index in [1.807, 2.05) is 0 Å². The van der Waals surface area contributed by atoms with Gasteiger partial charge < -0.3 is 11.1 Å². The van der Waals surface area contributed by atoms with E-state index in [0.29, 0.717) is 18.0 Å². The molecule has 25 heavy (non-hydrogen) atoms. The molecule has 1 aromatic carbocycles. The Morgan fingerprint density at radius 1 is 1.24 bits per heavy atom. The Balaban J connectivity index is 2.12. The van der Waals surface area contributed by atoms with Crippen molar-refractivity contribution in [3.05, 3.63) is 29.8 Å². The highest BCUT2D eigenvalue weighted by molar-refractivity contribution is 7.89. The van der Waals surface area contributed by atoms with Crippen molar-refractivity contribution in [2.24, 2.45) is 11.7 Å². The van der Waals surface area contributed by atoms with Crippen molar-refractivity contribution in [3.8, 4) is 0 Å².